The summed E-state index contributed by atoms with van der Waals surface area (Å²) in [5.41, 5.74) is 3.44. The molecule has 110 valence electrons. The molecule has 4 rings (SSSR count). The van der Waals surface area contributed by atoms with Gasteiger partial charge in [-0.25, -0.2) is 4.98 Å². The zero-order valence-corrected chi connectivity index (χ0v) is 13.7. The molecule has 2 aromatic carbocycles. The van der Waals surface area contributed by atoms with Crippen LogP contribution in [-0.2, 0) is 6.42 Å². The average Bonchev–Trinajstić information content (AvgIpc) is 2.81. The summed E-state index contributed by atoms with van der Waals surface area (Å²) in [5.74, 6) is 1.10. The van der Waals surface area contributed by atoms with Gasteiger partial charge < -0.3 is 4.57 Å². The van der Waals surface area contributed by atoms with E-state index in [0.29, 0.717) is 0 Å². The van der Waals surface area contributed by atoms with Crippen LogP contribution in [0.1, 0.15) is 22.3 Å². The second kappa shape index (κ2) is 5.49. The molecule has 22 heavy (non-hydrogen) atoms. The minimum atomic E-state index is 0.276. The lowest BCUT2D eigenvalue weighted by Crippen LogP contribution is -2.03. The first kappa shape index (κ1) is 13.9. The molecule has 1 aliphatic rings. The maximum Gasteiger partial charge on any atom is 0.115 e. The van der Waals surface area contributed by atoms with Crippen molar-refractivity contribution in [3.05, 3.63) is 76.8 Å². The summed E-state index contributed by atoms with van der Waals surface area (Å²) in [6.45, 7) is 2.04. The summed E-state index contributed by atoms with van der Waals surface area (Å²) in [7, 11) is 0. The Kier molecular flexibility index (Phi) is 3.47. The number of aryl methyl sites for hydroxylation is 1. The monoisotopic (exact) mass is 326 g/mol. The molecule has 1 aromatic heterocycles. The van der Waals surface area contributed by atoms with E-state index in [0.717, 1.165) is 23.0 Å². The standard InChI is InChI=1S/C18H15ClN2S/c1-12-11-21-15-8-4-5-9-16(15)22-17(10-18(21)20-12)13-6-2-3-7-14(13)19/h2-9,11,17H,10H2,1H3. The van der Waals surface area contributed by atoms with E-state index in [1.54, 1.807) is 0 Å². The Morgan fingerprint density at radius 3 is 2.77 bits per heavy atom. The molecule has 2 heterocycles. The van der Waals surface area contributed by atoms with E-state index in [4.69, 9.17) is 16.6 Å². The first-order valence-electron chi connectivity index (χ1n) is 7.28. The highest BCUT2D eigenvalue weighted by Gasteiger charge is 2.25. The summed E-state index contributed by atoms with van der Waals surface area (Å²) >= 11 is 8.30. The lowest BCUT2D eigenvalue weighted by Gasteiger charge is -2.15. The fourth-order valence-electron chi connectivity index (χ4n) is 2.93. The maximum atomic E-state index is 6.43. The fraction of sp³-hybridized carbons (Fsp3) is 0.167. The largest absolute Gasteiger partial charge is 0.302 e. The number of imidazole rings is 1. The van der Waals surface area contributed by atoms with Crippen molar-refractivity contribution in [3.8, 4) is 5.69 Å². The zero-order valence-electron chi connectivity index (χ0n) is 12.2. The van der Waals surface area contributed by atoms with Gasteiger partial charge in [0.2, 0.25) is 0 Å². The Balaban J connectivity index is 1.88. The lowest BCUT2D eigenvalue weighted by molar-refractivity contribution is 0.822. The van der Waals surface area contributed by atoms with Gasteiger partial charge in [-0.05, 0) is 30.7 Å². The molecule has 2 nitrogen and oxygen atoms in total. The minimum absolute atomic E-state index is 0.276. The van der Waals surface area contributed by atoms with E-state index in [2.05, 4.69) is 47.2 Å². The Morgan fingerprint density at radius 2 is 1.91 bits per heavy atom. The summed E-state index contributed by atoms with van der Waals surface area (Å²) < 4.78 is 2.22. The SMILES string of the molecule is Cc1cn2c(n1)CC(c1ccccc1Cl)Sc1ccccc1-2. The molecule has 3 aromatic rings. The molecule has 0 radical (unpaired) electrons. The molecule has 0 saturated carbocycles. The highest BCUT2D eigenvalue weighted by atomic mass is 35.5. The minimum Gasteiger partial charge on any atom is -0.302 e. The van der Waals surface area contributed by atoms with Gasteiger partial charge in [0, 0.05) is 27.8 Å². The van der Waals surface area contributed by atoms with Crippen LogP contribution in [-0.4, -0.2) is 9.55 Å². The van der Waals surface area contributed by atoms with E-state index in [-0.39, 0.29) is 5.25 Å². The van der Waals surface area contributed by atoms with Gasteiger partial charge in [-0.2, -0.15) is 0 Å². The normalized spacial score (nSPS) is 16.7. The van der Waals surface area contributed by atoms with Crippen molar-refractivity contribution in [2.24, 2.45) is 0 Å². The quantitative estimate of drug-likeness (QED) is 0.610. The van der Waals surface area contributed by atoms with Gasteiger partial charge in [-0.3, -0.25) is 0 Å². The van der Waals surface area contributed by atoms with Crippen molar-refractivity contribution in [1.82, 2.24) is 9.55 Å². The predicted molar refractivity (Wildman–Crippen MR) is 92.1 cm³/mol. The van der Waals surface area contributed by atoms with Crippen molar-refractivity contribution in [2.45, 2.75) is 23.5 Å². The van der Waals surface area contributed by atoms with Crippen LogP contribution in [0, 0.1) is 6.92 Å². The third-order valence-electron chi connectivity index (χ3n) is 3.91. The van der Waals surface area contributed by atoms with Gasteiger partial charge in [-0.15, -0.1) is 11.8 Å². The summed E-state index contributed by atoms with van der Waals surface area (Å²) in [4.78, 5) is 5.99. The Morgan fingerprint density at radius 1 is 1.14 bits per heavy atom. The topological polar surface area (TPSA) is 17.8 Å². The van der Waals surface area contributed by atoms with E-state index in [1.807, 2.05) is 30.8 Å². The number of rotatable bonds is 1. The van der Waals surface area contributed by atoms with E-state index >= 15 is 0 Å². The number of benzene rings is 2. The first-order chi connectivity index (χ1) is 10.7. The molecule has 0 N–H and O–H groups in total. The van der Waals surface area contributed by atoms with Crippen LogP contribution in [0.5, 0.6) is 0 Å². The van der Waals surface area contributed by atoms with Crippen molar-refractivity contribution < 1.29 is 0 Å². The summed E-state index contributed by atoms with van der Waals surface area (Å²) in [6.07, 6.45) is 2.99. The average molecular weight is 327 g/mol. The van der Waals surface area contributed by atoms with Crippen LogP contribution >= 0.6 is 23.4 Å². The second-order valence-electron chi connectivity index (χ2n) is 5.47. The molecule has 0 saturated heterocycles. The molecular formula is C18H15ClN2S. The van der Waals surface area contributed by atoms with Gasteiger partial charge in [-0.1, -0.05) is 41.9 Å². The number of thioether (sulfide) groups is 1. The van der Waals surface area contributed by atoms with Crippen molar-refractivity contribution in [2.75, 3.05) is 0 Å². The van der Waals surface area contributed by atoms with Gasteiger partial charge in [0.1, 0.15) is 5.82 Å². The molecule has 1 aliphatic heterocycles. The highest BCUT2D eigenvalue weighted by molar-refractivity contribution is 7.99. The molecule has 1 unspecified atom stereocenters. The molecule has 0 amide bonds. The fourth-order valence-corrected chi connectivity index (χ4v) is 4.57. The van der Waals surface area contributed by atoms with Crippen molar-refractivity contribution in [1.29, 1.82) is 0 Å². The smallest absolute Gasteiger partial charge is 0.115 e. The van der Waals surface area contributed by atoms with E-state index in [9.17, 15) is 0 Å². The van der Waals surface area contributed by atoms with Gasteiger partial charge in [0.05, 0.1) is 11.4 Å². The van der Waals surface area contributed by atoms with Gasteiger partial charge in [0.25, 0.3) is 0 Å². The van der Waals surface area contributed by atoms with Crippen LogP contribution in [0.4, 0.5) is 0 Å². The predicted octanol–water partition coefficient (Wildman–Crippen LogP) is 5.22. The van der Waals surface area contributed by atoms with Crippen LogP contribution in [0.2, 0.25) is 5.02 Å². The van der Waals surface area contributed by atoms with Gasteiger partial charge >= 0.3 is 0 Å². The number of nitrogens with zero attached hydrogens (tertiary/aromatic N) is 2. The third-order valence-corrected chi connectivity index (χ3v) is 5.56. The number of hydrogen-bond acceptors (Lipinski definition) is 2. The number of aromatic nitrogens is 2. The molecule has 0 spiro atoms. The molecular weight excluding hydrogens is 312 g/mol. The maximum absolute atomic E-state index is 6.43. The molecule has 0 bridgehead atoms. The Bertz CT molecular complexity index is 841. The molecule has 1 atom stereocenters. The van der Waals surface area contributed by atoms with Crippen LogP contribution < -0.4 is 0 Å². The molecule has 0 fully saturated rings. The molecule has 4 heteroatoms. The zero-order chi connectivity index (χ0) is 15.1. The Hall–Kier alpha value is -1.71. The third kappa shape index (κ3) is 2.34. The second-order valence-corrected chi connectivity index (χ2v) is 7.12. The van der Waals surface area contributed by atoms with E-state index in [1.165, 1.54) is 16.1 Å². The van der Waals surface area contributed by atoms with Crippen molar-refractivity contribution >= 4 is 23.4 Å². The van der Waals surface area contributed by atoms with Gasteiger partial charge in [0.15, 0.2) is 0 Å². The highest BCUT2D eigenvalue weighted by Crippen LogP contribution is 2.45. The van der Waals surface area contributed by atoms with Crippen LogP contribution in [0.3, 0.4) is 0 Å². The number of hydrogen-bond donors (Lipinski definition) is 0. The lowest BCUT2D eigenvalue weighted by atomic mass is 10.1. The van der Waals surface area contributed by atoms with Crippen LogP contribution in [0.25, 0.3) is 5.69 Å². The number of para-hydroxylation sites is 1. The number of halogens is 1. The summed E-state index contributed by atoms with van der Waals surface area (Å²) in [5, 5.41) is 1.10. The van der Waals surface area contributed by atoms with E-state index < -0.39 is 0 Å². The van der Waals surface area contributed by atoms with Crippen molar-refractivity contribution in [3.63, 3.8) is 0 Å². The molecule has 0 aliphatic carbocycles. The first-order valence-corrected chi connectivity index (χ1v) is 8.53. The van der Waals surface area contributed by atoms with Crippen LogP contribution in [0.15, 0.2) is 59.6 Å². The summed E-state index contributed by atoms with van der Waals surface area (Å²) in [6, 6.07) is 16.6. The number of fused-ring (bicyclic) bond motifs is 3. The Labute approximate surface area is 139 Å².